The van der Waals surface area contributed by atoms with Crippen molar-refractivity contribution in [3.63, 3.8) is 0 Å². The summed E-state index contributed by atoms with van der Waals surface area (Å²) in [6.45, 7) is 5.10. The summed E-state index contributed by atoms with van der Waals surface area (Å²) in [6.07, 6.45) is 0. The van der Waals surface area contributed by atoms with Gasteiger partial charge in [0.15, 0.2) is 5.96 Å². The molecule has 0 aliphatic heterocycles. The minimum atomic E-state index is -0.412. The number of methoxy groups -OCH3 is 1. The van der Waals surface area contributed by atoms with Crippen molar-refractivity contribution < 1.29 is 9.66 Å². The van der Waals surface area contributed by atoms with Crippen molar-refractivity contribution in [3.05, 3.63) is 39.9 Å². The number of nitro benzene ring substituents is 1. The highest BCUT2D eigenvalue weighted by molar-refractivity contribution is 14.0. The van der Waals surface area contributed by atoms with Crippen molar-refractivity contribution in [2.75, 3.05) is 20.7 Å². The molecule has 1 rings (SSSR count). The molecule has 0 amide bonds. The highest BCUT2D eigenvalue weighted by atomic mass is 127. The third-order valence-electron chi connectivity index (χ3n) is 3.06. The predicted octanol–water partition coefficient (Wildman–Crippen LogP) is 2.30. The maximum Gasteiger partial charge on any atom is 0.269 e. The summed E-state index contributed by atoms with van der Waals surface area (Å²) in [5.41, 5.74) is 0.739. The van der Waals surface area contributed by atoms with Gasteiger partial charge in [0.2, 0.25) is 0 Å². The van der Waals surface area contributed by atoms with Gasteiger partial charge in [-0.15, -0.1) is 24.0 Å². The van der Waals surface area contributed by atoms with Gasteiger partial charge in [-0.25, -0.2) is 0 Å². The number of nitro groups is 1. The molecule has 0 saturated carbocycles. The molecule has 0 radical (unpaired) electrons. The number of nitrogens with zero attached hydrogens (tertiary/aromatic N) is 2. The molecule has 1 aromatic carbocycles. The SMILES string of the molecule is CN=C(NCc1ccc([N+](=O)[O-])cc1)NCC(C)(C)OC.I. The monoisotopic (exact) mass is 422 g/mol. The van der Waals surface area contributed by atoms with Crippen LogP contribution in [0.25, 0.3) is 0 Å². The number of halogens is 1. The van der Waals surface area contributed by atoms with Gasteiger partial charge in [0.05, 0.1) is 10.5 Å². The molecular weight excluding hydrogens is 399 g/mol. The van der Waals surface area contributed by atoms with E-state index in [4.69, 9.17) is 4.74 Å². The van der Waals surface area contributed by atoms with Crippen LogP contribution in [0.15, 0.2) is 29.3 Å². The molecule has 0 atom stereocenters. The van der Waals surface area contributed by atoms with Crippen LogP contribution in [0.3, 0.4) is 0 Å². The second-order valence-corrected chi connectivity index (χ2v) is 5.17. The average Bonchev–Trinajstić information content (AvgIpc) is 2.48. The van der Waals surface area contributed by atoms with E-state index < -0.39 is 4.92 Å². The molecular formula is C14H23IN4O3. The Labute approximate surface area is 147 Å². The lowest BCUT2D eigenvalue weighted by Crippen LogP contribution is -2.45. The molecule has 0 saturated heterocycles. The second-order valence-electron chi connectivity index (χ2n) is 5.17. The van der Waals surface area contributed by atoms with E-state index in [9.17, 15) is 10.1 Å². The van der Waals surface area contributed by atoms with E-state index in [2.05, 4.69) is 15.6 Å². The number of rotatable bonds is 6. The number of ether oxygens (including phenoxy) is 1. The maximum atomic E-state index is 10.6. The Morgan fingerprint density at radius 3 is 2.36 bits per heavy atom. The van der Waals surface area contributed by atoms with Crippen LogP contribution in [0.1, 0.15) is 19.4 Å². The molecule has 8 heteroatoms. The molecule has 0 bridgehead atoms. The molecule has 0 aromatic heterocycles. The average molecular weight is 422 g/mol. The number of nitrogens with one attached hydrogen (secondary N) is 2. The van der Waals surface area contributed by atoms with Crippen LogP contribution in [0, 0.1) is 10.1 Å². The summed E-state index contributed by atoms with van der Waals surface area (Å²) < 4.78 is 5.32. The van der Waals surface area contributed by atoms with Crippen molar-refractivity contribution in [2.45, 2.75) is 26.0 Å². The molecule has 7 nitrogen and oxygen atoms in total. The fourth-order valence-corrected chi connectivity index (χ4v) is 1.51. The van der Waals surface area contributed by atoms with Crippen molar-refractivity contribution in [3.8, 4) is 0 Å². The van der Waals surface area contributed by atoms with Crippen LogP contribution < -0.4 is 10.6 Å². The Morgan fingerprint density at radius 1 is 1.32 bits per heavy atom. The first-order valence-corrected chi connectivity index (χ1v) is 6.61. The minimum Gasteiger partial charge on any atom is -0.377 e. The summed E-state index contributed by atoms with van der Waals surface area (Å²) in [5, 5.41) is 16.9. The second kappa shape index (κ2) is 9.57. The van der Waals surface area contributed by atoms with Crippen LogP contribution in [0.2, 0.25) is 0 Å². The number of aliphatic imine (C=N–C) groups is 1. The van der Waals surface area contributed by atoms with Gasteiger partial charge < -0.3 is 15.4 Å². The van der Waals surface area contributed by atoms with Crippen LogP contribution >= 0.6 is 24.0 Å². The van der Waals surface area contributed by atoms with Crippen LogP contribution in [0.5, 0.6) is 0 Å². The van der Waals surface area contributed by atoms with Gasteiger partial charge in [0.25, 0.3) is 5.69 Å². The van der Waals surface area contributed by atoms with Crippen molar-refractivity contribution in [2.24, 2.45) is 4.99 Å². The van der Waals surface area contributed by atoms with Crippen LogP contribution in [0.4, 0.5) is 5.69 Å². The fourth-order valence-electron chi connectivity index (χ4n) is 1.51. The molecule has 0 heterocycles. The summed E-state index contributed by atoms with van der Waals surface area (Å²) in [6, 6.07) is 6.41. The zero-order valence-electron chi connectivity index (χ0n) is 13.3. The zero-order chi connectivity index (χ0) is 15.9. The highest BCUT2D eigenvalue weighted by Gasteiger charge is 2.16. The Bertz CT molecular complexity index is 503. The van der Waals surface area contributed by atoms with Gasteiger partial charge in [-0.05, 0) is 19.4 Å². The molecule has 1 aromatic rings. The fraction of sp³-hybridized carbons (Fsp3) is 0.500. The molecule has 22 heavy (non-hydrogen) atoms. The van der Waals surface area contributed by atoms with E-state index in [1.807, 2.05) is 13.8 Å². The van der Waals surface area contributed by atoms with Gasteiger partial charge >= 0.3 is 0 Å². The summed E-state index contributed by atoms with van der Waals surface area (Å²) in [4.78, 5) is 14.3. The van der Waals surface area contributed by atoms with E-state index >= 15 is 0 Å². The predicted molar refractivity (Wildman–Crippen MR) is 97.8 cm³/mol. The number of hydrogen-bond acceptors (Lipinski definition) is 4. The van der Waals surface area contributed by atoms with E-state index in [-0.39, 0.29) is 35.3 Å². The Morgan fingerprint density at radius 2 is 1.91 bits per heavy atom. The minimum absolute atomic E-state index is 0. The number of hydrogen-bond donors (Lipinski definition) is 2. The van der Waals surface area contributed by atoms with E-state index in [1.54, 1.807) is 26.3 Å². The maximum absolute atomic E-state index is 10.6. The first kappa shape index (κ1) is 20.6. The molecule has 0 aliphatic carbocycles. The van der Waals surface area contributed by atoms with Gasteiger partial charge in [0.1, 0.15) is 0 Å². The topological polar surface area (TPSA) is 88.8 Å². The van der Waals surface area contributed by atoms with Crippen LogP contribution in [-0.4, -0.2) is 37.2 Å². The lowest BCUT2D eigenvalue weighted by Gasteiger charge is -2.24. The standard InChI is InChI=1S/C14H22N4O3.HI/c1-14(2,21-4)10-17-13(15-3)16-9-11-5-7-12(8-6-11)18(19)20;/h5-8H,9-10H2,1-4H3,(H2,15,16,17);1H. The number of non-ortho nitro benzene ring substituents is 1. The van der Waals surface area contributed by atoms with E-state index in [1.165, 1.54) is 12.1 Å². The zero-order valence-corrected chi connectivity index (χ0v) is 15.6. The van der Waals surface area contributed by atoms with Crippen LogP contribution in [-0.2, 0) is 11.3 Å². The lowest BCUT2D eigenvalue weighted by atomic mass is 10.1. The summed E-state index contributed by atoms with van der Waals surface area (Å²) in [5.74, 6) is 0.651. The van der Waals surface area contributed by atoms with Crippen molar-refractivity contribution >= 4 is 35.6 Å². The molecule has 0 aliphatic rings. The van der Waals surface area contributed by atoms with Gasteiger partial charge in [0, 0.05) is 39.4 Å². The van der Waals surface area contributed by atoms with E-state index in [0.29, 0.717) is 19.0 Å². The van der Waals surface area contributed by atoms with Crippen molar-refractivity contribution in [1.29, 1.82) is 0 Å². The normalized spacial score (nSPS) is 11.5. The largest absolute Gasteiger partial charge is 0.377 e. The van der Waals surface area contributed by atoms with Gasteiger partial charge in [-0.3, -0.25) is 15.1 Å². The van der Waals surface area contributed by atoms with Gasteiger partial charge in [-0.2, -0.15) is 0 Å². The van der Waals surface area contributed by atoms with E-state index in [0.717, 1.165) is 5.56 Å². The molecule has 0 spiro atoms. The Hall–Kier alpha value is -1.42. The Balaban J connectivity index is 0.00000441. The molecule has 0 unspecified atom stereocenters. The first-order chi connectivity index (χ1) is 9.88. The quantitative estimate of drug-likeness (QED) is 0.242. The van der Waals surface area contributed by atoms with Gasteiger partial charge in [-0.1, -0.05) is 12.1 Å². The number of guanidine groups is 1. The molecule has 124 valence electrons. The highest BCUT2D eigenvalue weighted by Crippen LogP contribution is 2.11. The summed E-state index contributed by atoms with van der Waals surface area (Å²) in [7, 11) is 3.35. The summed E-state index contributed by atoms with van der Waals surface area (Å²) >= 11 is 0. The van der Waals surface area contributed by atoms with Crippen molar-refractivity contribution in [1.82, 2.24) is 10.6 Å². The third kappa shape index (κ3) is 7.03. The molecule has 2 N–H and O–H groups in total. The number of benzene rings is 1. The molecule has 0 fully saturated rings. The first-order valence-electron chi connectivity index (χ1n) is 6.61. The Kier molecular flexibility index (Phi) is 8.95. The lowest BCUT2D eigenvalue weighted by molar-refractivity contribution is -0.384. The smallest absolute Gasteiger partial charge is 0.269 e. The third-order valence-corrected chi connectivity index (χ3v) is 3.06.